The molecule has 0 bridgehead atoms. The smallest absolute Gasteiger partial charge is 0.407 e. The van der Waals surface area contributed by atoms with Gasteiger partial charge in [-0.1, -0.05) is 18.0 Å². The lowest BCUT2D eigenvalue weighted by Gasteiger charge is -2.30. The molecule has 1 aliphatic rings. The third-order valence-electron chi connectivity index (χ3n) is 4.38. The predicted octanol–water partition coefficient (Wildman–Crippen LogP) is 3.81. The van der Waals surface area contributed by atoms with Crippen molar-refractivity contribution in [3.63, 3.8) is 0 Å². The first-order valence-corrected chi connectivity index (χ1v) is 9.09. The number of amides is 1. The highest BCUT2D eigenvalue weighted by Gasteiger charge is 2.29. The summed E-state index contributed by atoms with van der Waals surface area (Å²) in [7, 11) is 0. The molecule has 3 rings (SSSR count). The maximum atomic E-state index is 12.0. The molecule has 2 aromatic rings. The summed E-state index contributed by atoms with van der Waals surface area (Å²) >= 11 is 6.34. The maximum absolute atomic E-state index is 12.0. The minimum atomic E-state index is -0.521. The topological polar surface area (TPSA) is 92.3 Å². The standard InChI is InChI=1S/C18H22ClN5O2/c1-18(2,3)26-17(25)21-13-6-4-5-12(9-13)16-23-22-15-8-11(10-20)7-14(19)24(15)16/h7-8,12-13H,4-6,9H2,1-3H3,(H,21,25)/t12-,13+/m0/s1. The number of carbonyl (C=O) groups excluding carboxylic acids is 1. The van der Waals surface area contributed by atoms with Crippen molar-refractivity contribution in [3.8, 4) is 6.07 Å². The average Bonchev–Trinajstić information content (AvgIpc) is 2.97. The lowest BCUT2D eigenvalue weighted by atomic mass is 9.85. The Morgan fingerprint density at radius 3 is 2.85 bits per heavy atom. The van der Waals surface area contributed by atoms with E-state index in [0.29, 0.717) is 16.4 Å². The molecule has 138 valence electrons. The van der Waals surface area contributed by atoms with Gasteiger partial charge in [0.2, 0.25) is 0 Å². The second-order valence-electron chi connectivity index (χ2n) is 7.64. The van der Waals surface area contributed by atoms with Crippen molar-refractivity contribution in [3.05, 3.63) is 28.7 Å². The number of hydrogen-bond donors (Lipinski definition) is 1. The molecular formula is C18H22ClN5O2. The van der Waals surface area contributed by atoms with Crippen LogP contribution in [0.25, 0.3) is 5.65 Å². The van der Waals surface area contributed by atoms with E-state index < -0.39 is 11.7 Å². The Balaban J connectivity index is 1.77. The molecule has 2 atom stereocenters. The molecule has 1 N–H and O–H groups in total. The molecule has 26 heavy (non-hydrogen) atoms. The molecule has 0 aromatic carbocycles. The molecule has 0 unspecified atom stereocenters. The summed E-state index contributed by atoms with van der Waals surface area (Å²) in [6.45, 7) is 5.53. The van der Waals surface area contributed by atoms with Crippen LogP contribution in [0.3, 0.4) is 0 Å². The molecular weight excluding hydrogens is 354 g/mol. The van der Waals surface area contributed by atoms with Gasteiger partial charge in [0.05, 0.1) is 11.6 Å². The second-order valence-corrected chi connectivity index (χ2v) is 8.02. The molecule has 0 saturated heterocycles. The van der Waals surface area contributed by atoms with Crippen molar-refractivity contribution in [2.45, 2.75) is 64.0 Å². The molecule has 0 spiro atoms. The van der Waals surface area contributed by atoms with Crippen molar-refractivity contribution >= 4 is 23.3 Å². The van der Waals surface area contributed by atoms with Gasteiger partial charge in [0, 0.05) is 18.0 Å². The van der Waals surface area contributed by atoms with Gasteiger partial charge in [-0.05, 0) is 46.1 Å². The van der Waals surface area contributed by atoms with Crippen molar-refractivity contribution in [1.29, 1.82) is 5.26 Å². The lowest BCUT2D eigenvalue weighted by molar-refractivity contribution is 0.0490. The number of nitrogens with zero attached hydrogens (tertiary/aromatic N) is 4. The van der Waals surface area contributed by atoms with E-state index in [1.54, 1.807) is 16.5 Å². The highest BCUT2D eigenvalue weighted by atomic mass is 35.5. The number of pyridine rings is 1. The Bertz CT molecular complexity index is 865. The highest BCUT2D eigenvalue weighted by molar-refractivity contribution is 6.29. The Labute approximate surface area is 157 Å². The first kappa shape index (κ1) is 18.5. The summed E-state index contributed by atoms with van der Waals surface area (Å²) < 4.78 is 7.13. The van der Waals surface area contributed by atoms with Gasteiger partial charge >= 0.3 is 6.09 Å². The normalized spacial score (nSPS) is 20.6. The van der Waals surface area contributed by atoms with Gasteiger partial charge in [-0.25, -0.2) is 4.79 Å². The average molecular weight is 376 g/mol. The second kappa shape index (κ2) is 7.12. The van der Waals surface area contributed by atoms with Crippen LogP contribution >= 0.6 is 11.6 Å². The van der Waals surface area contributed by atoms with Crippen LogP contribution in [-0.2, 0) is 4.74 Å². The van der Waals surface area contributed by atoms with E-state index in [2.05, 4.69) is 21.6 Å². The van der Waals surface area contributed by atoms with Crippen molar-refractivity contribution in [1.82, 2.24) is 19.9 Å². The molecule has 1 fully saturated rings. The zero-order valence-corrected chi connectivity index (χ0v) is 15.9. The maximum Gasteiger partial charge on any atom is 0.407 e. The zero-order valence-electron chi connectivity index (χ0n) is 15.1. The van der Waals surface area contributed by atoms with Crippen molar-refractivity contribution in [2.75, 3.05) is 0 Å². The van der Waals surface area contributed by atoms with Crippen LogP contribution in [0.1, 0.15) is 63.8 Å². The predicted molar refractivity (Wildman–Crippen MR) is 97.1 cm³/mol. The quantitative estimate of drug-likeness (QED) is 0.806. The number of nitrogens with one attached hydrogen (secondary N) is 1. The Hall–Kier alpha value is -2.33. The molecule has 7 nitrogen and oxygen atoms in total. The molecule has 8 heteroatoms. The van der Waals surface area contributed by atoms with Gasteiger partial charge in [-0.15, -0.1) is 10.2 Å². The monoisotopic (exact) mass is 375 g/mol. The van der Waals surface area contributed by atoms with E-state index in [1.165, 1.54) is 0 Å². The zero-order chi connectivity index (χ0) is 18.9. The summed E-state index contributed by atoms with van der Waals surface area (Å²) in [5.41, 5.74) is 0.494. The fourth-order valence-electron chi connectivity index (χ4n) is 3.35. The van der Waals surface area contributed by atoms with Gasteiger partial charge < -0.3 is 10.1 Å². The third-order valence-corrected chi connectivity index (χ3v) is 4.65. The fraction of sp³-hybridized carbons (Fsp3) is 0.556. The Morgan fingerprint density at radius 2 is 2.15 bits per heavy atom. The van der Waals surface area contributed by atoms with E-state index in [-0.39, 0.29) is 12.0 Å². The molecule has 2 heterocycles. The Kier molecular flexibility index (Phi) is 5.05. The SMILES string of the molecule is CC(C)(C)OC(=O)N[C@@H]1CCC[C@H](c2nnc3cc(C#N)cc(Cl)n23)C1. The molecule has 1 amide bonds. The number of nitriles is 1. The van der Waals surface area contributed by atoms with Crippen molar-refractivity contribution < 1.29 is 9.53 Å². The number of aromatic nitrogens is 3. The van der Waals surface area contributed by atoms with Gasteiger partial charge in [0.15, 0.2) is 5.65 Å². The van der Waals surface area contributed by atoms with Crippen LogP contribution in [0.4, 0.5) is 4.79 Å². The lowest BCUT2D eigenvalue weighted by Crippen LogP contribution is -2.41. The van der Waals surface area contributed by atoms with E-state index >= 15 is 0 Å². The third kappa shape index (κ3) is 4.07. The first-order valence-electron chi connectivity index (χ1n) is 8.71. The minimum Gasteiger partial charge on any atom is -0.444 e. The number of hydrogen-bond acceptors (Lipinski definition) is 5. The first-order chi connectivity index (χ1) is 12.3. The van der Waals surface area contributed by atoms with E-state index in [0.717, 1.165) is 31.5 Å². The summed E-state index contributed by atoms with van der Waals surface area (Å²) in [6.07, 6.45) is 3.16. The Morgan fingerprint density at radius 1 is 1.38 bits per heavy atom. The number of ether oxygens (including phenoxy) is 1. The summed E-state index contributed by atoms with van der Waals surface area (Å²) in [4.78, 5) is 12.0. The number of rotatable bonds is 2. The van der Waals surface area contributed by atoms with Crippen LogP contribution in [0.2, 0.25) is 5.15 Å². The van der Waals surface area contributed by atoms with Crippen LogP contribution in [0.15, 0.2) is 12.1 Å². The van der Waals surface area contributed by atoms with Crippen LogP contribution < -0.4 is 5.32 Å². The number of halogens is 1. The van der Waals surface area contributed by atoms with Crippen LogP contribution in [0.5, 0.6) is 0 Å². The molecule has 0 radical (unpaired) electrons. The van der Waals surface area contributed by atoms with Crippen molar-refractivity contribution in [2.24, 2.45) is 0 Å². The van der Waals surface area contributed by atoms with E-state index in [9.17, 15) is 4.79 Å². The van der Waals surface area contributed by atoms with Crippen LogP contribution in [0, 0.1) is 11.3 Å². The van der Waals surface area contributed by atoms with Gasteiger partial charge in [-0.2, -0.15) is 5.26 Å². The summed E-state index contributed by atoms with van der Waals surface area (Å²) in [5.74, 6) is 0.898. The minimum absolute atomic E-state index is 0.0214. The molecule has 2 aromatic heterocycles. The number of fused-ring (bicyclic) bond motifs is 1. The van der Waals surface area contributed by atoms with Gasteiger partial charge in [0.25, 0.3) is 0 Å². The van der Waals surface area contributed by atoms with Crippen LogP contribution in [-0.4, -0.2) is 32.3 Å². The van der Waals surface area contributed by atoms with E-state index in [4.69, 9.17) is 21.6 Å². The number of alkyl carbamates (subject to hydrolysis) is 1. The molecule has 0 aliphatic heterocycles. The van der Waals surface area contributed by atoms with Gasteiger partial charge in [-0.3, -0.25) is 4.40 Å². The summed E-state index contributed by atoms with van der Waals surface area (Å²) in [5, 5.41) is 20.9. The number of carbonyl (C=O) groups is 1. The fourth-order valence-corrected chi connectivity index (χ4v) is 3.64. The summed E-state index contributed by atoms with van der Waals surface area (Å²) in [6, 6.07) is 5.37. The largest absolute Gasteiger partial charge is 0.444 e. The highest BCUT2D eigenvalue weighted by Crippen LogP contribution is 2.33. The molecule has 1 saturated carbocycles. The van der Waals surface area contributed by atoms with Gasteiger partial charge in [0.1, 0.15) is 16.6 Å². The van der Waals surface area contributed by atoms with E-state index in [1.807, 2.05) is 20.8 Å². The molecule has 1 aliphatic carbocycles.